The van der Waals surface area contributed by atoms with Crippen LogP contribution < -0.4 is 15.0 Å². The molecule has 7 heteroatoms. The maximum absolute atomic E-state index is 12.1. The van der Waals surface area contributed by atoms with E-state index in [-0.39, 0.29) is 37.4 Å². The summed E-state index contributed by atoms with van der Waals surface area (Å²) < 4.78 is 10.6. The Morgan fingerprint density at radius 1 is 1.31 bits per heavy atom. The molecule has 7 nitrogen and oxygen atoms in total. The van der Waals surface area contributed by atoms with Crippen LogP contribution in [0.3, 0.4) is 0 Å². The SMILES string of the molecule is CC(OC(=O)CCN1C(=O)COc2ccccc21)C(=O)NC1CCCC1. The molecule has 1 N–H and O–H groups in total. The average Bonchev–Trinajstić information content (AvgIpc) is 3.13. The number of carbonyl (C=O) groups excluding carboxylic acids is 3. The van der Waals surface area contributed by atoms with Gasteiger partial charge in [0.2, 0.25) is 0 Å². The number of ether oxygens (including phenoxy) is 2. The van der Waals surface area contributed by atoms with E-state index in [0.29, 0.717) is 11.4 Å². The number of rotatable bonds is 6. The lowest BCUT2D eigenvalue weighted by Gasteiger charge is -2.29. The second-order valence-electron chi connectivity index (χ2n) is 6.67. The molecule has 1 heterocycles. The van der Waals surface area contributed by atoms with E-state index in [1.54, 1.807) is 19.1 Å². The van der Waals surface area contributed by atoms with Crippen molar-refractivity contribution in [1.82, 2.24) is 5.32 Å². The molecule has 0 bridgehead atoms. The van der Waals surface area contributed by atoms with Gasteiger partial charge in [-0.1, -0.05) is 25.0 Å². The summed E-state index contributed by atoms with van der Waals surface area (Å²) in [6, 6.07) is 7.37. The average molecular weight is 360 g/mol. The Kier molecular flexibility index (Phi) is 5.75. The van der Waals surface area contributed by atoms with Crippen LogP contribution in [0.5, 0.6) is 5.75 Å². The highest BCUT2D eigenvalue weighted by Gasteiger charge is 2.27. The van der Waals surface area contributed by atoms with Gasteiger partial charge in [0.05, 0.1) is 12.1 Å². The second-order valence-corrected chi connectivity index (χ2v) is 6.67. The van der Waals surface area contributed by atoms with Gasteiger partial charge in [0.15, 0.2) is 12.7 Å². The van der Waals surface area contributed by atoms with Gasteiger partial charge < -0.3 is 19.7 Å². The summed E-state index contributed by atoms with van der Waals surface area (Å²) in [6.07, 6.45) is 3.37. The fourth-order valence-corrected chi connectivity index (χ4v) is 3.30. The lowest BCUT2D eigenvalue weighted by molar-refractivity contribution is -0.154. The molecule has 1 atom stereocenters. The Morgan fingerprint density at radius 2 is 2.04 bits per heavy atom. The highest BCUT2D eigenvalue weighted by molar-refractivity contribution is 5.98. The summed E-state index contributed by atoms with van der Waals surface area (Å²) >= 11 is 0. The molecule has 1 fully saturated rings. The Balaban J connectivity index is 1.49. The van der Waals surface area contributed by atoms with Crippen molar-refractivity contribution < 1.29 is 23.9 Å². The van der Waals surface area contributed by atoms with Crippen molar-refractivity contribution in [2.75, 3.05) is 18.1 Å². The predicted octanol–water partition coefficient (Wildman–Crippen LogP) is 1.79. The molecule has 2 aliphatic rings. The van der Waals surface area contributed by atoms with E-state index < -0.39 is 12.1 Å². The zero-order valence-electron chi connectivity index (χ0n) is 14.9. The summed E-state index contributed by atoms with van der Waals surface area (Å²) in [4.78, 5) is 37.8. The van der Waals surface area contributed by atoms with Gasteiger partial charge in [0.1, 0.15) is 5.75 Å². The Morgan fingerprint density at radius 3 is 2.81 bits per heavy atom. The molecule has 0 radical (unpaired) electrons. The number of fused-ring (bicyclic) bond motifs is 1. The largest absolute Gasteiger partial charge is 0.482 e. The van der Waals surface area contributed by atoms with Crippen molar-refractivity contribution in [3.63, 3.8) is 0 Å². The molecule has 1 unspecified atom stereocenters. The monoisotopic (exact) mass is 360 g/mol. The number of para-hydroxylation sites is 2. The number of esters is 1. The molecule has 1 aliphatic carbocycles. The van der Waals surface area contributed by atoms with Crippen LogP contribution in [0, 0.1) is 0 Å². The van der Waals surface area contributed by atoms with Gasteiger partial charge in [-0.05, 0) is 31.9 Å². The van der Waals surface area contributed by atoms with Crippen LogP contribution in [0.1, 0.15) is 39.0 Å². The third kappa shape index (κ3) is 4.33. The van der Waals surface area contributed by atoms with Gasteiger partial charge in [0.25, 0.3) is 11.8 Å². The lowest BCUT2D eigenvalue weighted by atomic mass is 10.2. The van der Waals surface area contributed by atoms with Gasteiger partial charge in [-0.25, -0.2) is 0 Å². The van der Waals surface area contributed by atoms with Gasteiger partial charge in [-0.3, -0.25) is 14.4 Å². The van der Waals surface area contributed by atoms with Crippen LogP contribution in [0.2, 0.25) is 0 Å². The van der Waals surface area contributed by atoms with Crippen molar-refractivity contribution >= 4 is 23.5 Å². The van der Waals surface area contributed by atoms with E-state index in [0.717, 1.165) is 25.7 Å². The van der Waals surface area contributed by atoms with Crippen LogP contribution in [0.15, 0.2) is 24.3 Å². The molecule has 0 saturated heterocycles. The molecule has 1 aliphatic heterocycles. The van der Waals surface area contributed by atoms with E-state index in [4.69, 9.17) is 9.47 Å². The first-order valence-electron chi connectivity index (χ1n) is 9.06. The molecular formula is C19H24N2O5. The van der Waals surface area contributed by atoms with Gasteiger partial charge in [-0.15, -0.1) is 0 Å². The number of anilines is 1. The maximum Gasteiger partial charge on any atom is 0.308 e. The molecule has 1 aromatic rings. The topological polar surface area (TPSA) is 84.9 Å². The van der Waals surface area contributed by atoms with Gasteiger partial charge in [0, 0.05) is 12.6 Å². The molecule has 1 aromatic carbocycles. The third-order valence-electron chi connectivity index (χ3n) is 4.73. The molecule has 0 spiro atoms. The summed E-state index contributed by atoms with van der Waals surface area (Å²) in [6.45, 7) is 1.71. The molecule has 0 aromatic heterocycles. The Hall–Kier alpha value is -2.57. The predicted molar refractivity (Wildman–Crippen MR) is 94.9 cm³/mol. The Bertz CT molecular complexity index is 684. The molecule has 3 rings (SSSR count). The van der Waals surface area contributed by atoms with Crippen LogP contribution in [-0.2, 0) is 19.1 Å². The number of nitrogens with zero attached hydrogens (tertiary/aromatic N) is 1. The minimum Gasteiger partial charge on any atom is -0.482 e. The van der Waals surface area contributed by atoms with Crippen molar-refractivity contribution in [2.45, 2.75) is 51.2 Å². The third-order valence-corrected chi connectivity index (χ3v) is 4.73. The van der Waals surface area contributed by atoms with Crippen molar-refractivity contribution in [1.29, 1.82) is 0 Å². The first kappa shape index (κ1) is 18.2. The number of amides is 2. The summed E-state index contributed by atoms with van der Waals surface area (Å²) in [5, 5.41) is 2.91. The lowest BCUT2D eigenvalue weighted by Crippen LogP contribution is -2.42. The summed E-state index contributed by atoms with van der Waals surface area (Å²) in [5.41, 5.74) is 0.642. The summed E-state index contributed by atoms with van der Waals surface area (Å²) in [7, 11) is 0. The number of hydrogen-bond donors (Lipinski definition) is 1. The molecule has 2 amide bonds. The highest BCUT2D eigenvalue weighted by Crippen LogP contribution is 2.31. The van der Waals surface area contributed by atoms with Gasteiger partial charge in [-0.2, -0.15) is 0 Å². The number of benzene rings is 1. The van der Waals surface area contributed by atoms with E-state index in [1.807, 2.05) is 12.1 Å². The minimum atomic E-state index is -0.837. The molecule has 140 valence electrons. The van der Waals surface area contributed by atoms with Crippen LogP contribution in [0.4, 0.5) is 5.69 Å². The zero-order chi connectivity index (χ0) is 18.5. The fraction of sp³-hybridized carbons (Fsp3) is 0.526. The number of carbonyl (C=O) groups is 3. The van der Waals surface area contributed by atoms with E-state index in [1.165, 1.54) is 4.90 Å². The van der Waals surface area contributed by atoms with E-state index in [2.05, 4.69) is 5.32 Å². The van der Waals surface area contributed by atoms with Gasteiger partial charge >= 0.3 is 5.97 Å². The minimum absolute atomic E-state index is 0.0150. The quantitative estimate of drug-likeness (QED) is 0.782. The number of nitrogens with one attached hydrogen (secondary N) is 1. The molecular weight excluding hydrogens is 336 g/mol. The van der Waals surface area contributed by atoms with E-state index >= 15 is 0 Å². The normalized spacial score (nSPS) is 18.0. The molecule has 1 saturated carbocycles. The van der Waals surface area contributed by atoms with Crippen LogP contribution in [-0.4, -0.2) is 43.1 Å². The van der Waals surface area contributed by atoms with Crippen LogP contribution in [0.25, 0.3) is 0 Å². The van der Waals surface area contributed by atoms with Crippen molar-refractivity contribution in [3.8, 4) is 5.75 Å². The summed E-state index contributed by atoms with van der Waals surface area (Å²) in [5.74, 6) is -0.359. The fourth-order valence-electron chi connectivity index (χ4n) is 3.30. The van der Waals surface area contributed by atoms with E-state index in [9.17, 15) is 14.4 Å². The second kappa shape index (κ2) is 8.21. The first-order valence-corrected chi connectivity index (χ1v) is 9.06. The first-order chi connectivity index (χ1) is 12.5. The molecule has 26 heavy (non-hydrogen) atoms. The maximum atomic E-state index is 12.1. The number of hydrogen-bond acceptors (Lipinski definition) is 5. The standard InChI is InChI=1S/C19H24N2O5/c1-13(19(24)20-14-6-2-3-7-14)26-18(23)10-11-21-15-8-4-5-9-16(15)25-12-17(21)22/h4-5,8-9,13-14H,2-3,6-7,10-12H2,1H3,(H,20,24). The Labute approximate surface area is 152 Å². The van der Waals surface area contributed by atoms with Crippen molar-refractivity contribution in [2.24, 2.45) is 0 Å². The smallest absolute Gasteiger partial charge is 0.308 e. The zero-order valence-corrected chi connectivity index (χ0v) is 14.9. The van der Waals surface area contributed by atoms with Crippen molar-refractivity contribution in [3.05, 3.63) is 24.3 Å². The highest BCUT2D eigenvalue weighted by atomic mass is 16.5. The van der Waals surface area contributed by atoms with Crippen LogP contribution >= 0.6 is 0 Å².